The monoisotopic (exact) mass is 613 g/mol. The molecule has 3 N–H and O–H groups in total. The second-order valence-electron chi connectivity index (χ2n) is 7.69. The summed E-state index contributed by atoms with van der Waals surface area (Å²) in [5.74, 6) is 0.951. The lowest BCUT2D eigenvalue weighted by molar-refractivity contribution is -0.432. The van der Waals surface area contributed by atoms with Crippen LogP contribution in [0.1, 0.15) is 11.5 Å². The van der Waals surface area contributed by atoms with Crippen LogP contribution in [0.15, 0.2) is 46.6 Å². The van der Waals surface area contributed by atoms with Crippen molar-refractivity contribution in [1.82, 2.24) is 30.3 Å². The Morgan fingerprint density at radius 1 is 1.15 bits per heavy atom. The fourth-order valence-electron chi connectivity index (χ4n) is 3.37. The number of anilines is 1. The zero-order chi connectivity index (χ0) is 28.5. The standard InChI is InChI=1S/C20H23N9O8S3/c1-13-14(6-7-16(23-13)28(9-11-38-37-35-30)10-12-40(31,32)33)24-17-19-26-25-18(15-5-3-4-8-22-15)29(19)27-20(17)39-36-34-21-2/h3-8,21,30H,9-12H2,1-2H3,(H,31,32,33)/b24-17+. The van der Waals surface area contributed by atoms with Crippen molar-refractivity contribution < 1.29 is 36.9 Å². The third kappa shape index (κ3) is 7.78. The Labute approximate surface area is 236 Å². The van der Waals surface area contributed by atoms with Crippen LogP contribution in [0.2, 0.25) is 0 Å². The number of rotatable bonds is 14. The van der Waals surface area contributed by atoms with Gasteiger partial charge in [0.2, 0.25) is 11.6 Å². The van der Waals surface area contributed by atoms with Gasteiger partial charge in [0.1, 0.15) is 17.2 Å². The first-order valence-electron chi connectivity index (χ1n) is 11.3. The smallest absolute Gasteiger partial charge is 0.266 e. The van der Waals surface area contributed by atoms with Gasteiger partial charge in [-0.15, -0.1) is 23.9 Å². The number of hydrogen-bond acceptors (Lipinski definition) is 17. The van der Waals surface area contributed by atoms with E-state index in [0.29, 0.717) is 45.3 Å². The molecule has 0 saturated carbocycles. The zero-order valence-electron chi connectivity index (χ0n) is 20.9. The third-order valence-corrected chi connectivity index (χ3v) is 6.89. The van der Waals surface area contributed by atoms with Crippen molar-refractivity contribution in [1.29, 1.82) is 0 Å². The normalized spacial score (nSPS) is 14.0. The fraction of sp³-hybridized carbons (Fsp3) is 0.300. The van der Waals surface area contributed by atoms with E-state index in [2.05, 4.69) is 40.1 Å². The van der Waals surface area contributed by atoms with Gasteiger partial charge in [0.15, 0.2) is 5.04 Å². The average Bonchev–Trinajstić information content (AvgIpc) is 3.49. The van der Waals surface area contributed by atoms with E-state index in [1.807, 2.05) is 6.07 Å². The molecule has 0 spiro atoms. The molecule has 0 radical (unpaired) electrons. The number of aliphatic imine (C=N–C) groups is 1. The zero-order valence-corrected chi connectivity index (χ0v) is 23.4. The molecule has 4 rings (SSSR count). The van der Waals surface area contributed by atoms with E-state index >= 15 is 0 Å². The Bertz CT molecular complexity index is 1470. The topological polar surface area (TPSA) is 208 Å². The highest BCUT2D eigenvalue weighted by atomic mass is 32.2. The first kappa shape index (κ1) is 29.9. The van der Waals surface area contributed by atoms with E-state index in [9.17, 15) is 13.0 Å². The van der Waals surface area contributed by atoms with E-state index in [1.54, 1.807) is 42.3 Å². The quantitative estimate of drug-likeness (QED) is 0.0779. The number of fused-ring (bicyclic) bond motifs is 1. The number of nitrogens with zero attached hydrogens (tertiary/aromatic N) is 8. The molecular weight excluding hydrogens is 590 g/mol. The lowest BCUT2D eigenvalue weighted by Gasteiger charge is -2.23. The number of hydroxylamine groups is 1. The Kier molecular flexibility index (Phi) is 10.5. The maximum absolute atomic E-state index is 11.3. The van der Waals surface area contributed by atoms with Crippen molar-refractivity contribution in [2.75, 3.05) is 36.5 Å². The molecule has 20 heteroatoms. The highest BCUT2D eigenvalue weighted by Crippen LogP contribution is 2.28. The fourth-order valence-corrected chi connectivity index (χ4v) is 4.73. The minimum atomic E-state index is -4.21. The number of aryl methyl sites for hydroxylation is 1. The summed E-state index contributed by atoms with van der Waals surface area (Å²) in [7, 11) is -2.68. The number of pyridine rings is 2. The molecule has 0 unspecified atom stereocenters. The molecule has 40 heavy (non-hydrogen) atoms. The lowest BCUT2D eigenvalue weighted by atomic mass is 10.3. The second-order valence-corrected chi connectivity index (χ2v) is 10.7. The summed E-state index contributed by atoms with van der Waals surface area (Å²) in [5, 5.41) is 25.2. The van der Waals surface area contributed by atoms with Crippen LogP contribution in [-0.4, -0.2) is 85.5 Å². The van der Waals surface area contributed by atoms with Crippen LogP contribution >= 0.6 is 24.1 Å². The van der Waals surface area contributed by atoms with E-state index in [4.69, 9.17) is 19.6 Å². The largest absolute Gasteiger partial charge is 0.355 e. The number of nitrogens with one attached hydrogen (secondary N) is 1. The van der Waals surface area contributed by atoms with Crippen LogP contribution in [0.4, 0.5) is 11.5 Å². The Morgan fingerprint density at radius 2 is 1.98 bits per heavy atom. The van der Waals surface area contributed by atoms with Gasteiger partial charge in [0.25, 0.3) is 10.1 Å². The van der Waals surface area contributed by atoms with Crippen molar-refractivity contribution in [2.45, 2.75) is 6.92 Å². The molecule has 0 amide bonds. The van der Waals surface area contributed by atoms with Crippen molar-refractivity contribution in [3.8, 4) is 11.5 Å². The predicted octanol–water partition coefficient (Wildman–Crippen LogP) is 1.83. The predicted molar refractivity (Wildman–Crippen MR) is 146 cm³/mol. The highest BCUT2D eigenvalue weighted by Gasteiger charge is 2.31. The molecule has 214 valence electrons. The maximum Gasteiger partial charge on any atom is 0.266 e. The van der Waals surface area contributed by atoms with Crippen molar-refractivity contribution in [3.05, 3.63) is 48.0 Å². The molecular formula is C20H23N9O8S3. The Balaban J connectivity index is 1.64. The average molecular weight is 614 g/mol. The van der Waals surface area contributed by atoms with Crippen LogP contribution in [0, 0.1) is 6.92 Å². The summed E-state index contributed by atoms with van der Waals surface area (Å²) < 4.78 is 42.8. The SMILES string of the molecule is CNOOSC1=Nn2c(nnc2-c2ccccn2)/C1=N\c1ccc(N(CCSOOO)CCS(=O)(=O)O)nc1C. The van der Waals surface area contributed by atoms with Crippen LogP contribution < -0.4 is 10.4 Å². The molecule has 0 aromatic carbocycles. The molecule has 0 fully saturated rings. The molecule has 1 aliphatic heterocycles. The van der Waals surface area contributed by atoms with Crippen LogP contribution in [-0.2, 0) is 28.8 Å². The van der Waals surface area contributed by atoms with Gasteiger partial charge in [-0.05, 0) is 31.2 Å². The van der Waals surface area contributed by atoms with Crippen molar-refractivity contribution in [2.24, 2.45) is 10.1 Å². The number of hydrogen-bond donors (Lipinski definition) is 3. The van der Waals surface area contributed by atoms with Gasteiger partial charge in [-0.1, -0.05) is 11.1 Å². The van der Waals surface area contributed by atoms with Gasteiger partial charge >= 0.3 is 0 Å². The first-order chi connectivity index (χ1) is 19.3. The highest BCUT2D eigenvalue weighted by molar-refractivity contribution is 8.11. The minimum absolute atomic E-state index is 0.0463. The van der Waals surface area contributed by atoms with Gasteiger partial charge in [0, 0.05) is 44.1 Å². The van der Waals surface area contributed by atoms with E-state index in [-0.39, 0.29) is 18.8 Å². The van der Waals surface area contributed by atoms with Gasteiger partial charge in [0.05, 0.1) is 29.2 Å². The van der Waals surface area contributed by atoms with Gasteiger partial charge in [-0.25, -0.2) is 15.2 Å². The van der Waals surface area contributed by atoms with Crippen molar-refractivity contribution in [3.63, 3.8) is 0 Å². The van der Waals surface area contributed by atoms with Crippen molar-refractivity contribution >= 4 is 56.5 Å². The molecule has 1 aliphatic rings. The Hall–Kier alpha value is -3.05. The van der Waals surface area contributed by atoms with E-state index < -0.39 is 15.9 Å². The van der Waals surface area contributed by atoms with E-state index in [1.165, 1.54) is 11.7 Å². The van der Waals surface area contributed by atoms with Crippen LogP contribution in [0.5, 0.6) is 0 Å². The lowest BCUT2D eigenvalue weighted by Crippen LogP contribution is -2.32. The number of aromatic nitrogens is 5. The first-order valence-corrected chi connectivity index (χ1v) is 14.6. The Morgan fingerprint density at radius 3 is 2.67 bits per heavy atom. The molecule has 3 aromatic rings. The van der Waals surface area contributed by atoms with E-state index in [0.717, 1.165) is 24.1 Å². The summed E-state index contributed by atoms with van der Waals surface area (Å²) in [4.78, 5) is 20.0. The van der Waals surface area contributed by atoms with Gasteiger partial charge < -0.3 is 4.90 Å². The summed E-state index contributed by atoms with van der Waals surface area (Å²) in [6, 6.07) is 8.71. The van der Waals surface area contributed by atoms with Gasteiger partial charge in [-0.2, -0.15) is 23.7 Å². The summed E-state index contributed by atoms with van der Waals surface area (Å²) in [6.45, 7) is 1.94. The molecule has 0 saturated heterocycles. The van der Waals surface area contributed by atoms with Crippen LogP contribution in [0.25, 0.3) is 11.5 Å². The summed E-state index contributed by atoms with van der Waals surface area (Å²) in [5.41, 5.74) is 4.28. The molecule has 0 aliphatic carbocycles. The van der Waals surface area contributed by atoms with Gasteiger partial charge in [-0.3, -0.25) is 9.54 Å². The molecule has 4 heterocycles. The van der Waals surface area contributed by atoms with Crippen LogP contribution in [0.3, 0.4) is 0 Å². The second kappa shape index (κ2) is 14.0. The third-order valence-electron chi connectivity index (χ3n) is 5.11. The molecule has 0 bridgehead atoms. The minimum Gasteiger partial charge on any atom is -0.355 e. The maximum atomic E-state index is 11.3. The molecule has 0 atom stereocenters. The summed E-state index contributed by atoms with van der Waals surface area (Å²) >= 11 is 1.61. The summed E-state index contributed by atoms with van der Waals surface area (Å²) in [6.07, 6.45) is 1.63. The molecule has 17 nitrogen and oxygen atoms in total. The molecule has 3 aromatic heterocycles.